The minimum absolute atomic E-state index is 0.763. The molecular weight excluding hydrogens is 226 g/mol. The number of likely N-dealkylation sites (N-methyl/N-ethyl adjacent to an activating group) is 1. The van der Waals surface area contributed by atoms with Crippen LogP contribution in [-0.2, 0) is 6.54 Å². The lowest BCUT2D eigenvalue weighted by Gasteiger charge is -2.24. The Hall–Kier alpha value is -1.20. The lowest BCUT2D eigenvalue weighted by molar-refractivity contribution is 0.412. The average molecular weight is 251 g/mol. The first kappa shape index (κ1) is 14.9. The van der Waals surface area contributed by atoms with Gasteiger partial charge in [-0.15, -0.1) is 5.10 Å². The number of hydrogen-bond donors (Lipinski definition) is 1. The molecule has 1 aromatic heterocycles. The minimum atomic E-state index is 0.763. The highest BCUT2D eigenvalue weighted by Crippen LogP contribution is 2.10. The van der Waals surface area contributed by atoms with Gasteiger partial charge in [-0.3, -0.25) is 0 Å². The SMILES string of the molecule is CCCN(CCN(C)C)c1ccc(CNC)nn1. The van der Waals surface area contributed by atoms with Gasteiger partial charge in [0.15, 0.2) is 5.82 Å². The van der Waals surface area contributed by atoms with Crippen molar-refractivity contribution in [1.29, 1.82) is 0 Å². The lowest BCUT2D eigenvalue weighted by atomic mass is 10.3. The predicted octanol–water partition coefficient (Wildman–Crippen LogP) is 0.974. The molecule has 0 bridgehead atoms. The van der Waals surface area contributed by atoms with Crippen LogP contribution in [-0.4, -0.2) is 55.9 Å². The molecule has 0 radical (unpaired) electrons. The van der Waals surface area contributed by atoms with Gasteiger partial charge in [-0.2, -0.15) is 5.10 Å². The Labute approximate surface area is 110 Å². The van der Waals surface area contributed by atoms with Crippen LogP contribution < -0.4 is 10.2 Å². The van der Waals surface area contributed by atoms with Gasteiger partial charge >= 0.3 is 0 Å². The molecule has 0 atom stereocenters. The van der Waals surface area contributed by atoms with Crippen molar-refractivity contribution in [3.05, 3.63) is 17.8 Å². The van der Waals surface area contributed by atoms with Gasteiger partial charge in [-0.25, -0.2) is 0 Å². The van der Waals surface area contributed by atoms with Crippen molar-refractivity contribution in [2.24, 2.45) is 0 Å². The molecule has 0 unspecified atom stereocenters. The quantitative estimate of drug-likeness (QED) is 0.746. The van der Waals surface area contributed by atoms with E-state index in [1.165, 1.54) is 0 Å². The van der Waals surface area contributed by atoms with Crippen molar-refractivity contribution in [3.63, 3.8) is 0 Å². The molecule has 1 heterocycles. The number of aromatic nitrogens is 2. The summed E-state index contributed by atoms with van der Waals surface area (Å²) in [6.45, 7) is 5.99. The van der Waals surface area contributed by atoms with Gasteiger partial charge in [0, 0.05) is 26.2 Å². The Morgan fingerprint density at radius 2 is 1.89 bits per heavy atom. The Bertz CT molecular complexity index is 323. The first-order chi connectivity index (χ1) is 8.67. The van der Waals surface area contributed by atoms with Gasteiger partial charge < -0.3 is 15.1 Å². The summed E-state index contributed by atoms with van der Waals surface area (Å²) in [5, 5.41) is 11.6. The standard InChI is InChI=1S/C13H25N5/c1-5-8-18(10-9-17(3)4)13-7-6-12(11-14-2)15-16-13/h6-7,14H,5,8-11H2,1-4H3. The summed E-state index contributed by atoms with van der Waals surface area (Å²) in [6.07, 6.45) is 1.12. The summed E-state index contributed by atoms with van der Waals surface area (Å²) in [5.41, 5.74) is 0.977. The van der Waals surface area contributed by atoms with Crippen molar-refractivity contribution >= 4 is 5.82 Å². The molecule has 18 heavy (non-hydrogen) atoms. The first-order valence-electron chi connectivity index (χ1n) is 6.54. The van der Waals surface area contributed by atoms with Crippen molar-refractivity contribution < 1.29 is 0 Å². The van der Waals surface area contributed by atoms with Gasteiger partial charge in [-0.05, 0) is 39.7 Å². The maximum absolute atomic E-state index is 4.31. The van der Waals surface area contributed by atoms with Crippen LogP contribution >= 0.6 is 0 Å². The maximum Gasteiger partial charge on any atom is 0.151 e. The van der Waals surface area contributed by atoms with E-state index < -0.39 is 0 Å². The number of nitrogens with one attached hydrogen (secondary N) is 1. The third-order valence-electron chi connectivity index (χ3n) is 2.70. The average Bonchev–Trinajstić information content (AvgIpc) is 2.36. The van der Waals surface area contributed by atoms with Crippen molar-refractivity contribution in [2.45, 2.75) is 19.9 Å². The third-order valence-corrected chi connectivity index (χ3v) is 2.70. The Kier molecular flexibility index (Phi) is 6.60. The van der Waals surface area contributed by atoms with Crippen LogP contribution in [0.15, 0.2) is 12.1 Å². The van der Waals surface area contributed by atoms with Gasteiger partial charge in [0.1, 0.15) is 0 Å². The van der Waals surface area contributed by atoms with E-state index in [-0.39, 0.29) is 0 Å². The maximum atomic E-state index is 4.31. The van der Waals surface area contributed by atoms with E-state index in [1.807, 2.05) is 13.1 Å². The molecule has 5 nitrogen and oxygen atoms in total. The van der Waals surface area contributed by atoms with Crippen molar-refractivity contribution in [1.82, 2.24) is 20.4 Å². The molecule has 0 saturated heterocycles. The summed E-state index contributed by atoms with van der Waals surface area (Å²) < 4.78 is 0. The fraction of sp³-hybridized carbons (Fsp3) is 0.692. The summed E-state index contributed by atoms with van der Waals surface area (Å²) in [7, 11) is 6.09. The molecule has 0 amide bonds. The molecule has 1 rings (SSSR count). The zero-order valence-electron chi connectivity index (χ0n) is 12.0. The highest BCUT2D eigenvalue weighted by molar-refractivity contribution is 5.37. The summed E-state index contributed by atoms with van der Waals surface area (Å²) in [6, 6.07) is 4.10. The van der Waals surface area contributed by atoms with Crippen molar-refractivity contribution in [2.75, 3.05) is 45.7 Å². The van der Waals surface area contributed by atoms with E-state index in [1.54, 1.807) is 0 Å². The Morgan fingerprint density at radius 1 is 1.11 bits per heavy atom. The molecule has 5 heteroatoms. The third kappa shape index (κ3) is 4.98. The molecule has 0 spiro atoms. The van der Waals surface area contributed by atoms with Gasteiger partial charge in [0.2, 0.25) is 0 Å². The van der Waals surface area contributed by atoms with Crippen LogP contribution in [0.2, 0.25) is 0 Å². The highest BCUT2D eigenvalue weighted by atomic mass is 15.3. The molecule has 1 aromatic rings. The van der Waals surface area contributed by atoms with Crippen molar-refractivity contribution in [3.8, 4) is 0 Å². The Morgan fingerprint density at radius 3 is 2.39 bits per heavy atom. The highest BCUT2D eigenvalue weighted by Gasteiger charge is 2.08. The summed E-state index contributed by atoms with van der Waals surface area (Å²) in [5.74, 6) is 0.971. The smallest absolute Gasteiger partial charge is 0.151 e. The van der Waals surface area contributed by atoms with Crippen LogP contribution in [0.3, 0.4) is 0 Å². The molecular formula is C13H25N5. The van der Waals surface area contributed by atoms with Crippen LogP contribution in [0.4, 0.5) is 5.82 Å². The van der Waals surface area contributed by atoms with Crippen LogP contribution in [0, 0.1) is 0 Å². The fourth-order valence-electron chi connectivity index (χ4n) is 1.73. The second-order valence-electron chi connectivity index (χ2n) is 4.70. The molecule has 0 aliphatic rings. The fourth-order valence-corrected chi connectivity index (χ4v) is 1.73. The van der Waals surface area contributed by atoms with Gasteiger partial charge in [0.05, 0.1) is 5.69 Å². The van der Waals surface area contributed by atoms with E-state index in [0.29, 0.717) is 0 Å². The van der Waals surface area contributed by atoms with E-state index in [0.717, 1.165) is 44.1 Å². The number of anilines is 1. The second-order valence-corrected chi connectivity index (χ2v) is 4.70. The van der Waals surface area contributed by atoms with E-state index in [4.69, 9.17) is 0 Å². The van der Waals surface area contributed by atoms with E-state index >= 15 is 0 Å². The van der Waals surface area contributed by atoms with Gasteiger partial charge in [0.25, 0.3) is 0 Å². The Balaban J connectivity index is 2.65. The topological polar surface area (TPSA) is 44.3 Å². The zero-order chi connectivity index (χ0) is 13.4. The lowest BCUT2D eigenvalue weighted by Crippen LogP contribution is -2.33. The van der Waals surface area contributed by atoms with Crippen LogP contribution in [0.1, 0.15) is 19.0 Å². The first-order valence-corrected chi connectivity index (χ1v) is 6.54. The molecule has 0 aromatic carbocycles. The summed E-state index contributed by atoms with van der Waals surface area (Å²) in [4.78, 5) is 4.47. The minimum Gasteiger partial charge on any atom is -0.354 e. The molecule has 0 aliphatic heterocycles. The summed E-state index contributed by atoms with van der Waals surface area (Å²) >= 11 is 0. The molecule has 0 saturated carbocycles. The molecule has 0 fully saturated rings. The molecule has 1 N–H and O–H groups in total. The molecule has 0 aliphatic carbocycles. The van der Waals surface area contributed by atoms with Crippen LogP contribution in [0.25, 0.3) is 0 Å². The zero-order valence-corrected chi connectivity index (χ0v) is 12.0. The number of hydrogen-bond acceptors (Lipinski definition) is 5. The van der Waals surface area contributed by atoms with Gasteiger partial charge in [-0.1, -0.05) is 6.92 Å². The van der Waals surface area contributed by atoms with E-state index in [2.05, 4.69) is 52.4 Å². The normalized spacial score (nSPS) is 10.9. The van der Waals surface area contributed by atoms with Crippen LogP contribution in [0.5, 0.6) is 0 Å². The number of nitrogens with zero attached hydrogens (tertiary/aromatic N) is 4. The van der Waals surface area contributed by atoms with E-state index in [9.17, 15) is 0 Å². The predicted molar refractivity (Wildman–Crippen MR) is 75.9 cm³/mol. The largest absolute Gasteiger partial charge is 0.354 e. The molecule has 102 valence electrons. The number of rotatable bonds is 8. The second kappa shape index (κ2) is 8.00. The monoisotopic (exact) mass is 251 g/mol.